The highest BCUT2D eigenvalue weighted by molar-refractivity contribution is 5.82. The molecule has 5 rings (SSSR count). The number of rotatable bonds is 4. The van der Waals surface area contributed by atoms with Gasteiger partial charge < -0.3 is 9.80 Å². The Bertz CT molecular complexity index is 921. The monoisotopic (exact) mass is 366 g/mol. The van der Waals surface area contributed by atoms with Crippen LogP contribution in [0.4, 0.5) is 5.69 Å². The minimum atomic E-state index is 0.0642. The lowest BCUT2D eigenvalue weighted by atomic mass is 9.84. The number of carbonyl (C=O) groups excluding carboxylic acids is 1. The lowest BCUT2D eigenvalue weighted by Crippen LogP contribution is -2.51. The van der Waals surface area contributed by atoms with E-state index in [4.69, 9.17) is 0 Å². The molecule has 1 aliphatic heterocycles. The van der Waals surface area contributed by atoms with Gasteiger partial charge in [-0.15, -0.1) is 0 Å². The summed E-state index contributed by atoms with van der Waals surface area (Å²) in [5.41, 5.74) is 1.91. The molecule has 1 aromatic carbocycles. The molecule has 3 fully saturated rings. The molecule has 6 heteroatoms. The first-order valence-corrected chi connectivity index (χ1v) is 10.2. The van der Waals surface area contributed by atoms with Crippen LogP contribution in [-0.4, -0.2) is 46.5 Å². The second-order valence-corrected chi connectivity index (χ2v) is 8.29. The van der Waals surface area contributed by atoms with E-state index < -0.39 is 0 Å². The summed E-state index contributed by atoms with van der Waals surface area (Å²) in [7, 11) is 0. The number of fused-ring (bicyclic) bond motifs is 1. The highest BCUT2D eigenvalue weighted by atomic mass is 16.2. The number of carbonyl (C=O) groups is 1. The van der Waals surface area contributed by atoms with Gasteiger partial charge in [-0.25, -0.2) is 4.98 Å². The lowest BCUT2D eigenvalue weighted by Gasteiger charge is -2.39. The summed E-state index contributed by atoms with van der Waals surface area (Å²) in [6.07, 6.45) is 7.46. The van der Waals surface area contributed by atoms with Crippen LogP contribution < -0.4 is 10.5 Å². The maximum Gasteiger partial charge on any atom is 0.261 e. The first-order chi connectivity index (χ1) is 13.2. The van der Waals surface area contributed by atoms with Crippen molar-refractivity contribution in [1.82, 2.24) is 14.5 Å². The van der Waals surface area contributed by atoms with Crippen molar-refractivity contribution in [3.63, 3.8) is 0 Å². The number of benzene rings is 1. The molecule has 0 atom stereocenters. The van der Waals surface area contributed by atoms with Crippen molar-refractivity contribution in [3.8, 4) is 0 Å². The van der Waals surface area contributed by atoms with Gasteiger partial charge in [0.15, 0.2) is 0 Å². The van der Waals surface area contributed by atoms with E-state index in [0.29, 0.717) is 17.2 Å². The van der Waals surface area contributed by atoms with E-state index in [1.54, 1.807) is 10.9 Å². The Morgan fingerprint density at radius 2 is 1.85 bits per heavy atom. The van der Waals surface area contributed by atoms with E-state index in [9.17, 15) is 9.59 Å². The van der Waals surface area contributed by atoms with Crippen LogP contribution in [0.3, 0.4) is 0 Å². The van der Waals surface area contributed by atoms with Crippen LogP contribution in [-0.2, 0) is 11.3 Å². The topological polar surface area (TPSA) is 58.4 Å². The van der Waals surface area contributed by atoms with Crippen molar-refractivity contribution in [3.05, 3.63) is 34.9 Å². The molecule has 2 aliphatic carbocycles. The molecule has 0 unspecified atom stereocenters. The second-order valence-electron chi connectivity index (χ2n) is 8.29. The number of hydrogen-bond acceptors (Lipinski definition) is 4. The summed E-state index contributed by atoms with van der Waals surface area (Å²) >= 11 is 0. The summed E-state index contributed by atoms with van der Waals surface area (Å²) < 4.78 is 1.75. The molecule has 2 saturated carbocycles. The van der Waals surface area contributed by atoms with Gasteiger partial charge in [-0.3, -0.25) is 14.2 Å². The third-order valence-corrected chi connectivity index (χ3v) is 6.37. The zero-order chi connectivity index (χ0) is 18.4. The van der Waals surface area contributed by atoms with Crippen molar-refractivity contribution in [2.45, 2.75) is 38.6 Å². The van der Waals surface area contributed by atoms with Crippen molar-refractivity contribution in [1.29, 1.82) is 0 Å². The average molecular weight is 366 g/mol. The van der Waals surface area contributed by atoms with Gasteiger partial charge in [0, 0.05) is 44.3 Å². The van der Waals surface area contributed by atoms with Gasteiger partial charge in [0.05, 0.1) is 17.2 Å². The summed E-state index contributed by atoms with van der Waals surface area (Å²) in [4.78, 5) is 33.9. The SMILES string of the molecule is O=C(C1CCC1)N1CCN(c2ccc3c(=O)n(CC4CC4)cnc3c2)CC1. The molecule has 0 N–H and O–H groups in total. The molecule has 1 aromatic heterocycles. The smallest absolute Gasteiger partial charge is 0.261 e. The van der Waals surface area contributed by atoms with Gasteiger partial charge in [-0.2, -0.15) is 0 Å². The molecule has 1 amide bonds. The van der Waals surface area contributed by atoms with Gasteiger partial charge in [0.25, 0.3) is 5.56 Å². The van der Waals surface area contributed by atoms with Crippen LogP contribution in [0.1, 0.15) is 32.1 Å². The van der Waals surface area contributed by atoms with Crippen molar-refractivity contribution in [2.24, 2.45) is 11.8 Å². The quantitative estimate of drug-likeness (QED) is 0.833. The molecule has 0 bridgehead atoms. The maximum absolute atomic E-state index is 12.7. The van der Waals surface area contributed by atoms with Crippen molar-refractivity contribution < 1.29 is 4.79 Å². The maximum atomic E-state index is 12.7. The standard InChI is InChI=1S/C21H26N4O2/c26-20(16-2-1-3-16)24-10-8-23(9-11-24)17-6-7-18-19(12-17)22-14-25(21(18)27)13-15-4-5-15/h6-7,12,14-16H,1-5,8-11,13H2. The zero-order valence-corrected chi connectivity index (χ0v) is 15.6. The Morgan fingerprint density at radius 1 is 1.07 bits per heavy atom. The van der Waals surface area contributed by atoms with Crippen LogP contribution in [0.5, 0.6) is 0 Å². The fourth-order valence-electron chi connectivity index (χ4n) is 4.15. The molecule has 0 radical (unpaired) electrons. The first-order valence-electron chi connectivity index (χ1n) is 10.2. The Hall–Kier alpha value is -2.37. The largest absolute Gasteiger partial charge is 0.368 e. The Balaban J connectivity index is 1.30. The summed E-state index contributed by atoms with van der Waals surface area (Å²) in [5.74, 6) is 1.27. The fraction of sp³-hybridized carbons (Fsp3) is 0.571. The Labute approximate surface area is 158 Å². The molecule has 6 nitrogen and oxygen atoms in total. The number of piperazine rings is 1. The Kier molecular flexibility index (Phi) is 4.14. The summed E-state index contributed by atoms with van der Waals surface area (Å²) in [6.45, 7) is 4.03. The van der Waals surface area contributed by atoms with E-state index in [1.165, 1.54) is 19.3 Å². The number of aromatic nitrogens is 2. The number of hydrogen-bond donors (Lipinski definition) is 0. The predicted molar refractivity (Wildman–Crippen MR) is 105 cm³/mol. The van der Waals surface area contributed by atoms with E-state index in [0.717, 1.165) is 56.8 Å². The van der Waals surface area contributed by atoms with E-state index in [2.05, 4.69) is 9.88 Å². The average Bonchev–Trinajstić information content (AvgIpc) is 3.47. The highest BCUT2D eigenvalue weighted by Crippen LogP contribution is 2.30. The minimum absolute atomic E-state index is 0.0642. The van der Waals surface area contributed by atoms with Gasteiger partial charge in [0.1, 0.15) is 0 Å². The third kappa shape index (κ3) is 3.22. The molecular formula is C21H26N4O2. The normalized spacial score (nSPS) is 20.7. The minimum Gasteiger partial charge on any atom is -0.368 e. The molecule has 3 aliphatic rings. The third-order valence-electron chi connectivity index (χ3n) is 6.37. The summed E-state index contributed by atoms with van der Waals surface area (Å²) in [6, 6.07) is 5.95. The van der Waals surface area contributed by atoms with Crippen LogP contribution in [0.2, 0.25) is 0 Å². The molecule has 2 aromatic rings. The number of amides is 1. The van der Waals surface area contributed by atoms with Crippen LogP contribution in [0.15, 0.2) is 29.3 Å². The molecule has 1 saturated heterocycles. The number of anilines is 1. The molecule has 0 spiro atoms. The van der Waals surface area contributed by atoms with Crippen LogP contribution in [0, 0.1) is 11.8 Å². The van der Waals surface area contributed by atoms with E-state index in [-0.39, 0.29) is 11.5 Å². The van der Waals surface area contributed by atoms with Crippen molar-refractivity contribution >= 4 is 22.5 Å². The van der Waals surface area contributed by atoms with Gasteiger partial charge >= 0.3 is 0 Å². The Morgan fingerprint density at radius 3 is 2.52 bits per heavy atom. The lowest BCUT2D eigenvalue weighted by molar-refractivity contribution is -0.138. The predicted octanol–water partition coefficient (Wildman–Crippen LogP) is 2.26. The zero-order valence-electron chi connectivity index (χ0n) is 15.6. The molecule has 2 heterocycles. The first kappa shape index (κ1) is 16.8. The number of nitrogens with zero attached hydrogens (tertiary/aromatic N) is 4. The van der Waals surface area contributed by atoms with Crippen LogP contribution in [0.25, 0.3) is 10.9 Å². The fourth-order valence-corrected chi connectivity index (χ4v) is 4.15. The van der Waals surface area contributed by atoms with Crippen LogP contribution >= 0.6 is 0 Å². The molecular weight excluding hydrogens is 340 g/mol. The van der Waals surface area contributed by atoms with Gasteiger partial charge in [-0.05, 0) is 49.8 Å². The van der Waals surface area contributed by atoms with Gasteiger partial charge in [0.2, 0.25) is 5.91 Å². The second kappa shape index (κ2) is 6.66. The summed E-state index contributed by atoms with van der Waals surface area (Å²) in [5, 5.41) is 0.695. The molecule has 27 heavy (non-hydrogen) atoms. The van der Waals surface area contributed by atoms with E-state index >= 15 is 0 Å². The molecule has 142 valence electrons. The van der Waals surface area contributed by atoms with Crippen molar-refractivity contribution in [2.75, 3.05) is 31.1 Å². The van der Waals surface area contributed by atoms with Gasteiger partial charge in [-0.1, -0.05) is 6.42 Å². The highest BCUT2D eigenvalue weighted by Gasteiger charge is 2.31. The van der Waals surface area contributed by atoms with E-state index in [1.807, 2.05) is 23.1 Å².